The minimum absolute atomic E-state index is 0. The van der Waals surface area contributed by atoms with Crippen LogP contribution >= 0.6 is 0 Å². The van der Waals surface area contributed by atoms with E-state index in [1.54, 1.807) is 24.3 Å². The summed E-state index contributed by atoms with van der Waals surface area (Å²) in [6.07, 6.45) is 9.03. The summed E-state index contributed by atoms with van der Waals surface area (Å²) in [5.41, 5.74) is 0.641. The van der Waals surface area contributed by atoms with Gasteiger partial charge in [-0.1, -0.05) is 98.9 Å². The third-order valence-electron chi connectivity index (χ3n) is 15.9. The molecule has 0 saturated carbocycles. The quantitative estimate of drug-likeness (QED) is 0.0147. The molecule has 0 spiro atoms. The summed E-state index contributed by atoms with van der Waals surface area (Å²) in [5.74, 6) is -1.74. The Morgan fingerprint density at radius 2 is 0.885 bits per heavy atom. The maximum absolute atomic E-state index is 12.9. The molecule has 104 heavy (non-hydrogen) atoms. The van der Waals surface area contributed by atoms with Gasteiger partial charge in [0.05, 0.1) is 36.6 Å². The van der Waals surface area contributed by atoms with Crippen molar-refractivity contribution in [2.24, 2.45) is 22.7 Å². The third kappa shape index (κ3) is 48.0. The number of esters is 4. The summed E-state index contributed by atoms with van der Waals surface area (Å²) in [5, 5.41) is -5.08. The molecule has 1 saturated heterocycles. The van der Waals surface area contributed by atoms with Crippen molar-refractivity contribution in [2.45, 2.75) is 321 Å². The minimum atomic E-state index is -6.09. The van der Waals surface area contributed by atoms with Crippen LogP contribution in [0.4, 0.5) is 8.78 Å². The molecule has 0 aliphatic carbocycles. The summed E-state index contributed by atoms with van der Waals surface area (Å²) in [7, 11) is -33.7. The number of hydrogen-bond donors (Lipinski definition) is 0. The molecule has 1 heterocycles. The molecular formula is C67H143F2NaO22SSi11. The van der Waals surface area contributed by atoms with Crippen molar-refractivity contribution < 1.29 is 135 Å². The summed E-state index contributed by atoms with van der Waals surface area (Å²) in [6, 6.07) is 7.56. The molecule has 608 valence electrons. The monoisotopic (exact) mass is 1700 g/mol. The first-order valence-electron chi connectivity index (χ1n) is 36.8. The van der Waals surface area contributed by atoms with Crippen LogP contribution in [0.2, 0.25) is 157 Å². The van der Waals surface area contributed by atoms with Crippen LogP contribution in [-0.2, 0) is 101 Å². The molecule has 0 bridgehead atoms. The van der Waals surface area contributed by atoms with Crippen molar-refractivity contribution in [3.05, 3.63) is 35.4 Å². The van der Waals surface area contributed by atoms with Gasteiger partial charge in [0.25, 0.3) is 0 Å². The van der Waals surface area contributed by atoms with Gasteiger partial charge in [0, 0.05) is 0 Å². The van der Waals surface area contributed by atoms with Gasteiger partial charge in [0.15, 0.2) is 26.8 Å². The second kappa shape index (κ2) is 45.0. The number of benzene rings is 1. The fourth-order valence-electron chi connectivity index (χ4n) is 11.0. The zero-order chi connectivity index (χ0) is 81.3. The first-order valence-corrected chi connectivity index (χ1v) is 70.1. The fraction of sp³-hybridized carbons (Fsp3) is 0.851. The zero-order valence-electron chi connectivity index (χ0n) is 71.4. The third-order valence-corrected chi connectivity index (χ3v) is 58.3. The van der Waals surface area contributed by atoms with Crippen molar-refractivity contribution in [2.75, 3.05) is 26.4 Å². The number of halogens is 2. The Balaban J connectivity index is -0.00000166. The molecule has 1 fully saturated rings. The van der Waals surface area contributed by atoms with E-state index in [1.807, 2.05) is 69.2 Å². The van der Waals surface area contributed by atoms with Crippen LogP contribution in [0.15, 0.2) is 24.3 Å². The van der Waals surface area contributed by atoms with E-state index in [-0.39, 0.29) is 64.9 Å². The Kier molecular flexibility index (Phi) is 46.8. The molecule has 1 aromatic carbocycles. The maximum atomic E-state index is 12.9. The van der Waals surface area contributed by atoms with E-state index in [0.717, 1.165) is 56.7 Å². The van der Waals surface area contributed by atoms with Crippen LogP contribution in [0.5, 0.6) is 0 Å². The fourth-order valence-corrected chi connectivity index (χ4v) is 66.6. The van der Waals surface area contributed by atoms with Crippen LogP contribution in [0, 0.1) is 22.7 Å². The van der Waals surface area contributed by atoms with Gasteiger partial charge in [-0.3, -0.25) is 14.4 Å². The van der Waals surface area contributed by atoms with E-state index in [9.17, 15) is 40.9 Å². The van der Waals surface area contributed by atoms with Crippen LogP contribution < -0.4 is 29.6 Å². The number of carbonyl (C=O) groups is 4. The molecule has 0 amide bonds. The number of carbonyl (C=O) groups excluding carboxylic acids is 4. The molecule has 2 rings (SSSR count). The largest absolute Gasteiger partial charge is 1.00 e. The Morgan fingerprint density at radius 1 is 0.519 bits per heavy atom. The molecule has 0 radical (unpaired) electrons. The molecule has 4 unspecified atom stereocenters. The second-order valence-electron chi connectivity index (χ2n) is 33.7. The predicted octanol–water partition coefficient (Wildman–Crippen LogP) is 15.4. The zero-order valence-corrected chi connectivity index (χ0v) is 85.2. The molecule has 22 nitrogen and oxygen atoms in total. The molecular weight excluding hydrogens is 1560 g/mol. The Labute approximate surface area is 663 Å². The van der Waals surface area contributed by atoms with Gasteiger partial charge < -0.3 is 69.4 Å². The molecule has 4 atom stereocenters. The number of ether oxygens (including phenoxy) is 5. The molecule has 1 aliphatic rings. The van der Waals surface area contributed by atoms with Crippen molar-refractivity contribution in [1.82, 2.24) is 0 Å². The van der Waals surface area contributed by atoms with Gasteiger partial charge in [-0.15, -0.1) is 0 Å². The smallest absolute Gasteiger partial charge is 0.743 e. The normalized spacial score (nSPS) is 15.6. The van der Waals surface area contributed by atoms with Gasteiger partial charge in [0.2, 0.25) is 0 Å². The summed E-state index contributed by atoms with van der Waals surface area (Å²) in [6.45, 7) is 73.9. The molecule has 37 heteroatoms. The van der Waals surface area contributed by atoms with Crippen LogP contribution in [0.1, 0.15) is 158 Å². The standard InChI is InChI=1S/C32H86O12Si11.C13H16F2O5S.C13H26O2.C9H16O3.Na/c1-27-32(2,3)31(33)34-29-28-30-46(7,8)36-48(11,12)38-50(15,16)40-52(19,20)42-54(23,24)44-55(25,26)43-53(21,22)41-51(17,18)39-49(13,14)37-47(9,10)35-45(4,5)6;1-3-9(2)11-6-4-10(5-7-11)8-20-12(16)13(14,15)21(17,18)19;1-5-8-9-12(7-3)10-15-13(14)11(4)6-2;1-4-9(2,3)8(10)12-6-7-5-11-7;/h27-30H2,1-26H3;4-7,9H,3,8H2,1-2H3,(H,17,18,19);11-12H,5-10H2,1-4H3;7H,4-6H2,1-3H3;/q;;;;+1/p-1. The van der Waals surface area contributed by atoms with E-state index in [1.165, 1.54) is 19.3 Å². The van der Waals surface area contributed by atoms with Gasteiger partial charge in [0.1, 0.15) is 19.3 Å². The van der Waals surface area contributed by atoms with Gasteiger partial charge in [-0.2, -0.15) is 8.78 Å². The van der Waals surface area contributed by atoms with Crippen LogP contribution in [-0.4, -0.2) is 168 Å². The second-order valence-corrected chi connectivity index (χ2v) is 76.7. The SMILES string of the molecule is CCC(C)(C)C(=O)OCC1CO1.CCC(C)(C)C(=O)OCCC[Si](C)(C)O[Si](C)(C)O[Si](C)(C)O[Si](C)(C)O[Si](C)(C)O[Si](C)(C)O[Si](C)(C)O[Si](C)(C)O[Si](C)(C)O[Si](C)(C)O[Si](C)(C)C.CCC(C)c1ccc(COC(=O)C(F)(F)S(=O)(=O)[O-])cc1.CCCCC(CC)COC(=O)C(C)CC.[Na+]. The molecule has 1 aromatic rings. The molecule has 1 aliphatic heterocycles. The van der Waals surface area contributed by atoms with E-state index in [4.69, 9.17) is 60.1 Å². The van der Waals surface area contributed by atoms with E-state index in [2.05, 4.69) is 169 Å². The molecule has 0 N–H and O–H groups in total. The minimum Gasteiger partial charge on any atom is -0.743 e. The first kappa shape index (κ1) is 108. The van der Waals surface area contributed by atoms with Gasteiger partial charge in [-0.05, 0) is 246 Å². The number of epoxide rings is 1. The Morgan fingerprint density at radius 3 is 1.20 bits per heavy atom. The van der Waals surface area contributed by atoms with Gasteiger partial charge in [-0.25, -0.2) is 13.2 Å². The Hall–Kier alpha value is -0.184. The average molecular weight is 1700 g/mol. The van der Waals surface area contributed by atoms with E-state index < -0.39 is 127 Å². The van der Waals surface area contributed by atoms with Crippen molar-refractivity contribution in [3.63, 3.8) is 0 Å². The van der Waals surface area contributed by atoms with Crippen LogP contribution in [0.3, 0.4) is 0 Å². The summed E-state index contributed by atoms with van der Waals surface area (Å²) in [4.78, 5) is 46.1. The van der Waals surface area contributed by atoms with E-state index in [0.29, 0.717) is 37.2 Å². The predicted molar refractivity (Wildman–Crippen MR) is 432 cm³/mol. The number of rotatable bonds is 44. The first-order chi connectivity index (χ1) is 46.1. The maximum Gasteiger partial charge on any atom is 1.00 e. The number of unbranched alkanes of at least 4 members (excludes halogenated alkanes) is 1. The van der Waals surface area contributed by atoms with Crippen molar-refractivity contribution in [3.8, 4) is 0 Å². The summed E-state index contributed by atoms with van der Waals surface area (Å²) < 4.78 is 149. The Bertz CT molecular complexity index is 2830. The topological polar surface area (TPSA) is 267 Å². The summed E-state index contributed by atoms with van der Waals surface area (Å²) >= 11 is 0. The van der Waals surface area contributed by atoms with Crippen LogP contribution in [0.25, 0.3) is 0 Å². The number of alkyl halides is 2. The number of hydrogen-bond acceptors (Lipinski definition) is 22. The molecule has 0 aromatic heterocycles. The van der Waals surface area contributed by atoms with E-state index >= 15 is 0 Å². The van der Waals surface area contributed by atoms with Crippen molar-refractivity contribution >= 4 is 128 Å². The van der Waals surface area contributed by atoms with Crippen molar-refractivity contribution in [1.29, 1.82) is 0 Å². The average Bonchev–Trinajstić information content (AvgIpc) is 1.75. The van der Waals surface area contributed by atoms with Gasteiger partial charge >= 0.3 is 136 Å².